The Kier molecular flexibility index (Phi) is 5.42. The van der Waals surface area contributed by atoms with E-state index in [1.54, 1.807) is 39.7 Å². The first-order chi connectivity index (χ1) is 15.4. The van der Waals surface area contributed by atoms with E-state index in [1.807, 2.05) is 18.3 Å². The summed E-state index contributed by atoms with van der Waals surface area (Å²) in [5, 5.41) is 0.581. The predicted molar refractivity (Wildman–Crippen MR) is 119 cm³/mol. The zero-order chi connectivity index (χ0) is 22.3. The van der Waals surface area contributed by atoms with Crippen LogP contribution in [-0.2, 0) is 16.6 Å². The Morgan fingerprint density at radius 2 is 2.03 bits per heavy atom. The van der Waals surface area contributed by atoms with Crippen molar-refractivity contribution in [1.82, 2.24) is 24.1 Å². The van der Waals surface area contributed by atoms with Gasteiger partial charge in [0.05, 0.1) is 12.8 Å². The van der Waals surface area contributed by atoms with E-state index in [9.17, 15) is 13.2 Å². The maximum Gasteiger partial charge on any atom is 0.320 e. The van der Waals surface area contributed by atoms with Gasteiger partial charge in [0.15, 0.2) is 0 Å². The second-order valence-corrected chi connectivity index (χ2v) is 10.8. The molecule has 2 amide bonds. The quantitative estimate of drug-likeness (QED) is 0.634. The highest BCUT2D eigenvalue weighted by molar-refractivity contribution is 7.89. The minimum atomic E-state index is -3.42. The van der Waals surface area contributed by atoms with E-state index < -0.39 is 15.3 Å². The fraction of sp³-hybridized carbons (Fsp3) is 0.455. The maximum absolute atomic E-state index is 13.1. The van der Waals surface area contributed by atoms with E-state index in [-0.39, 0.29) is 19.1 Å². The molecule has 9 nitrogen and oxygen atoms in total. The molecule has 5 heterocycles. The molecule has 2 fully saturated rings. The van der Waals surface area contributed by atoms with Crippen molar-refractivity contribution in [2.24, 2.45) is 0 Å². The van der Waals surface area contributed by atoms with Gasteiger partial charge in [-0.05, 0) is 48.6 Å². The topological polar surface area (TPSA) is 103 Å². The van der Waals surface area contributed by atoms with Gasteiger partial charge in [-0.1, -0.05) is 0 Å². The number of hydrogen-bond acceptors (Lipinski definition) is 5. The van der Waals surface area contributed by atoms with Gasteiger partial charge in [0.1, 0.15) is 16.7 Å². The summed E-state index contributed by atoms with van der Waals surface area (Å²) < 4.78 is 33.1. The van der Waals surface area contributed by atoms with Crippen LogP contribution in [0, 0.1) is 0 Å². The first-order valence-corrected chi connectivity index (χ1v) is 12.4. The number of H-pyrrole nitrogens is 1. The number of aromatic nitrogens is 2. The van der Waals surface area contributed by atoms with Gasteiger partial charge in [-0.15, -0.1) is 0 Å². The molecule has 3 aromatic heterocycles. The Bertz CT molecular complexity index is 1190. The van der Waals surface area contributed by atoms with Crippen LogP contribution in [-0.4, -0.2) is 77.0 Å². The summed E-state index contributed by atoms with van der Waals surface area (Å²) in [6.07, 6.45) is 6.89. The molecule has 2 aliphatic heterocycles. The highest BCUT2D eigenvalue weighted by Gasteiger charge is 2.44. The molecule has 0 spiro atoms. The lowest BCUT2D eigenvalue weighted by Gasteiger charge is -2.43. The number of fused-ring (bicyclic) bond motifs is 1. The van der Waals surface area contributed by atoms with Crippen LogP contribution in [0.25, 0.3) is 11.0 Å². The summed E-state index contributed by atoms with van der Waals surface area (Å²) in [6.45, 7) is 1.83. The van der Waals surface area contributed by atoms with Crippen LogP contribution in [0.2, 0.25) is 0 Å². The average molecular weight is 458 g/mol. The van der Waals surface area contributed by atoms with Crippen molar-refractivity contribution in [1.29, 1.82) is 0 Å². The fourth-order valence-corrected chi connectivity index (χ4v) is 6.55. The minimum absolute atomic E-state index is 0.181. The van der Waals surface area contributed by atoms with Crippen molar-refractivity contribution in [2.45, 2.75) is 30.6 Å². The summed E-state index contributed by atoms with van der Waals surface area (Å²) in [7, 11) is -1.73. The number of nitrogens with one attached hydrogen (secondary N) is 1. The molecule has 5 rings (SSSR count). The highest BCUT2D eigenvalue weighted by Crippen LogP contribution is 2.34. The van der Waals surface area contributed by atoms with Crippen molar-refractivity contribution in [3.8, 4) is 0 Å². The second-order valence-electron chi connectivity index (χ2n) is 8.61. The minimum Gasteiger partial charge on any atom is -0.467 e. The molecule has 0 unspecified atom stereocenters. The van der Waals surface area contributed by atoms with Gasteiger partial charge in [-0.2, -0.15) is 0 Å². The van der Waals surface area contributed by atoms with Crippen LogP contribution in [0.15, 0.2) is 47.3 Å². The lowest BCUT2D eigenvalue weighted by Crippen LogP contribution is -2.62. The van der Waals surface area contributed by atoms with Crippen LogP contribution >= 0.6 is 0 Å². The van der Waals surface area contributed by atoms with E-state index in [2.05, 4.69) is 16.0 Å². The van der Waals surface area contributed by atoms with E-state index in [1.165, 1.54) is 5.56 Å². The first-order valence-electron chi connectivity index (χ1n) is 10.9. The smallest absolute Gasteiger partial charge is 0.320 e. The SMILES string of the molecule is CN(Cc1ccco1)C(=O)N1CC(S(=O)(=O)N2CCC(c3c[nH]c4ncccc34)CC2)C1. The van der Waals surface area contributed by atoms with Crippen LogP contribution in [0.1, 0.15) is 30.1 Å². The lowest BCUT2D eigenvalue weighted by atomic mass is 9.90. The molecule has 0 bridgehead atoms. The van der Waals surface area contributed by atoms with Crippen molar-refractivity contribution >= 4 is 27.1 Å². The number of amides is 2. The summed E-state index contributed by atoms with van der Waals surface area (Å²) in [5.41, 5.74) is 2.08. The maximum atomic E-state index is 13.1. The van der Waals surface area contributed by atoms with E-state index >= 15 is 0 Å². The van der Waals surface area contributed by atoms with Gasteiger partial charge < -0.3 is 19.2 Å². The van der Waals surface area contributed by atoms with Gasteiger partial charge >= 0.3 is 6.03 Å². The third-order valence-corrected chi connectivity index (χ3v) is 8.80. The number of rotatable bonds is 5. The number of hydrogen-bond donors (Lipinski definition) is 1. The Hall–Kier alpha value is -2.85. The van der Waals surface area contributed by atoms with Crippen LogP contribution in [0.4, 0.5) is 4.79 Å². The molecule has 0 radical (unpaired) electrons. The zero-order valence-electron chi connectivity index (χ0n) is 18.0. The van der Waals surface area contributed by atoms with Gasteiger partial charge in [0, 0.05) is 51.0 Å². The predicted octanol–water partition coefficient (Wildman–Crippen LogP) is 2.60. The highest BCUT2D eigenvalue weighted by atomic mass is 32.2. The number of pyridine rings is 1. The van der Waals surface area contributed by atoms with E-state index in [0.29, 0.717) is 31.3 Å². The number of carbonyl (C=O) groups excluding carboxylic acids is 1. The monoisotopic (exact) mass is 457 g/mol. The van der Waals surface area contributed by atoms with Crippen molar-refractivity contribution in [3.05, 3.63) is 54.2 Å². The largest absolute Gasteiger partial charge is 0.467 e. The molecule has 10 heteroatoms. The third-order valence-electron chi connectivity index (χ3n) is 6.58. The van der Waals surface area contributed by atoms with Crippen molar-refractivity contribution < 1.29 is 17.6 Å². The molecule has 3 aromatic rings. The van der Waals surface area contributed by atoms with Crippen LogP contribution in [0.5, 0.6) is 0 Å². The van der Waals surface area contributed by atoms with Gasteiger partial charge in [0.2, 0.25) is 10.0 Å². The average Bonchev–Trinajstić information content (AvgIpc) is 3.42. The number of aromatic amines is 1. The molecule has 32 heavy (non-hydrogen) atoms. The summed E-state index contributed by atoms with van der Waals surface area (Å²) in [5.74, 6) is 1.01. The molecule has 0 aliphatic carbocycles. The van der Waals surface area contributed by atoms with E-state index in [4.69, 9.17) is 4.42 Å². The normalized spacial score (nSPS) is 18.7. The second kappa shape index (κ2) is 8.25. The number of piperidine rings is 1. The molecule has 0 saturated carbocycles. The molecular weight excluding hydrogens is 430 g/mol. The number of likely N-dealkylation sites (tertiary alicyclic amines) is 1. The standard InChI is InChI=1S/C22H27N5O4S/c1-25(13-17-4-3-11-31-17)22(28)26-14-18(15-26)32(29,30)27-9-6-16(7-10-27)20-12-24-21-19(20)5-2-8-23-21/h2-5,8,11-12,16,18H,6-7,9-10,13-15H2,1H3,(H,23,24). The lowest BCUT2D eigenvalue weighted by molar-refractivity contribution is 0.131. The Morgan fingerprint density at radius 1 is 1.25 bits per heavy atom. The third kappa shape index (κ3) is 3.77. The number of sulfonamides is 1. The Morgan fingerprint density at radius 3 is 2.75 bits per heavy atom. The molecule has 170 valence electrons. The van der Waals surface area contributed by atoms with Gasteiger partial charge in [-0.3, -0.25) is 0 Å². The summed E-state index contributed by atoms with van der Waals surface area (Å²) in [6, 6.07) is 7.39. The van der Waals surface area contributed by atoms with Gasteiger partial charge in [0.25, 0.3) is 0 Å². The molecule has 0 atom stereocenters. The number of nitrogens with zero attached hydrogens (tertiary/aromatic N) is 4. The molecule has 1 N–H and O–H groups in total. The number of carbonyl (C=O) groups is 1. The summed E-state index contributed by atoms with van der Waals surface area (Å²) >= 11 is 0. The fourth-order valence-electron chi connectivity index (χ4n) is 4.68. The zero-order valence-corrected chi connectivity index (χ0v) is 18.8. The number of urea groups is 1. The first kappa shape index (κ1) is 21.0. The van der Waals surface area contributed by atoms with Gasteiger partial charge in [-0.25, -0.2) is 22.5 Å². The van der Waals surface area contributed by atoms with Crippen LogP contribution < -0.4 is 0 Å². The molecule has 2 saturated heterocycles. The van der Waals surface area contributed by atoms with E-state index in [0.717, 1.165) is 23.9 Å². The van der Waals surface area contributed by atoms with Crippen molar-refractivity contribution in [2.75, 3.05) is 33.2 Å². The number of furan rings is 1. The Balaban J connectivity index is 1.16. The van der Waals surface area contributed by atoms with Crippen molar-refractivity contribution in [3.63, 3.8) is 0 Å². The molecular formula is C22H27N5O4S. The Labute approximate surface area is 187 Å². The molecule has 2 aliphatic rings. The summed E-state index contributed by atoms with van der Waals surface area (Å²) in [4.78, 5) is 23.3. The molecule has 0 aromatic carbocycles. The van der Waals surface area contributed by atoms with Crippen LogP contribution in [0.3, 0.4) is 0 Å².